The van der Waals surface area contributed by atoms with Crippen molar-refractivity contribution < 1.29 is 0 Å². The van der Waals surface area contributed by atoms with E-state index in [4.69, 9.17) is 5.10 Å². The van der Waals surface area contributed by atoms with Gasteiger partial charge in [0.05, 0.1) is 11.4 Å². The molecule has 1 aliphatic rings. The largest absolute Gasteiger partial charge is 0.297 e. The summed E-state index contributed by atoms with van der Waals surface area (Å²) in [6.07, 6.45) is 7.95. The average molecular weight is 322 g/mol. The van der Waals surface area contributed by atoms with Crippen LogP contribution in [0.5, 0.6) is 0 Å². The van der Waals surface area contributed by atoms with Crippen molar-refractivity contribution in [1.82, 2.24) is 29.4 Å². The van der Waals surface area contributed by atoms with Crippen molar-refractivity contribution in [2.45, 2.75) is 25.9 Å². The number of piperidine rings is 1. The van der Waals surface area contributed by atoms with Crippen molar-refractivity contribution in [3.63, 3.8) is 0 Å². The van der Waals surface area contributed by atoms with Crippen molar-refractivity contribution in [3.8, 4) is 5.69 Å². The van der Waals surface area contributed by atoms with Crippen LogP contribution in [0.4, 0.5) is 0 Å². The van der Waals surface area contributed by atoms with Gasteiger partial charge in [0.1, 0.15) is 12.7 Å². The molecule has 0 bridgehead atoms. The zero-order valence-electron chi connectivity index (χ0n) is 13.7. The highest BCUT2D eigenvalue weighted by Crippen LogP contribution is 2.19. The van der Waals surface area contributed by atoms with Crippen LogP contribution in [-0.4, -0.2) is 42.5 Å². The van der Waals surface area contributed by atoms with Crippen molar-refractivity contribution in [3.05, 3.63) is 60.9 Å². The molecule has 0 aliphatic carbocycles. The molecular formula is C18H22N6. The molecule has 3 heterocycles. The normalized spacial score (nSPS) is 18.8. The van der Waals surface area contributed by atoms with E-state index in [1.54, 1.807) is 12.7 Å². The SMILES string of the molecule is c1ccc(-n2ccc(CN3CCC[C@@H](Cn4cncn4)C3)n2)cc1. The second-order valence-corrected chi connectivity index (χ2v) is 6.45. The third-order valence-corrected chi connectivity index (χ3v) is 4.57. The third kappa shape index (κ3) is 3.54. The third-order valence-electron chi connectivity index (χ3n) is 4.57. The lowest BCUT2D eigenvalue weighted by Gasteiger charge is -2.32. The molecule has 0 N–H and O–H groups in total. The van der Waals surface area contributed by atoms with Crippen molar-refractivity contribution in [2.24, 2.45) is 5.92 Å². The van der Waals surface area contributed by atoms with Crippen molar-refractivity contribution in [2.75, 3.05) is 13.1 Å². The molecule has 0 unspecified atom stereocenters. The van der Waals surface area contributed by atoms with Gasteiger partial charge in [-0.25, -0.2) is 9.67 Å². The minimum absolute atomic E-state index is 0.636. The number of para-hydroxylation sites is 1. The zero-order chi connectivity index (χ0) is 16.2. The van der Waals surface area contributed by atoms with E-state index < -0.39 is 0 Å². The van der Waals surface area contributed by atoms with Gasteiger partial charge in [0, 0.05) is 25.8 Å². The molecule has 124 valence electrons. The molecule has 1 aromatic carbocycles. The number of rotatable bonds is 5. The summed E-state index contributed by atoms with van der Waals surface area (Å²) in [6, 6.07) is 12.4. The lowest BCUT2D eigenvalue weighted by molar-refractivity contribution is 0.151. The van der Waals surface area contributed by atoms with Crippen LogP contribution in [0.25, 0.3) is 5.69 Å². The van der Waals surface area contributed by atoms with Crippen molar-refractivity contribution >= 4 is 0 Å². The van der Waals surface area contributed by atoms with Gasteiger partial charge in [-0.1, -0.05) is 18.2 Å². The molecule has 4 rings (SSSR count). The van der Waals surface area contributed by atoms with Crippen molar-refractivity contribution in [1.29, 1.82) is 0 Å². The maximum absolute atomic E-state index is 4.72. The predicted octanol–water partition coefficient (Wildman–Crippen LogP) is 2.38. The monoisotopic (exact) mass is 322 g/mol. The Labute approximate surface area is 141 Å². The Morgan fingerprint density at radius 2 is 2.04 bits per heavy atom. The molecule has 3 aromatic rings. The van der Waals surface area contributed by atoms with Gasteiger partial charge in [-0.3, -0.25) is 9.58 Å². The molecule has 2 aromatic heterocycles. The zero-order valence-corrected chi connectivity index (χ0v) is 13.7. The molecule has 0 spiro atoms. The standard InChI is InChI=1S/C18H22N6/c1-2-6-18(7-3-1)24-10-8-17(21-24)13-22-9-4-5-16(11-22)12-23-15-19-14-20-23/h1-3,6-8,10,14-16H,4-5,9,11-13H2/t16-/m1/s1. The highest BCUT2D eigenvalue weighted by atomic mass is 15.3. The Balaban J connectivity index is 1.37. The van der Waals surface area contributed by atoms with E-state index in [1.165, 1.54) is 12.8 Å². The first-order valence-electron chi connectivity index (χ1n) is 8.51. The van der Waals surface area contributed by atoms with E-state index in [-0.39, 0.29) is 0 Å². The van der Waals surface area contributed by atoms with Gasteiger partial charge in [0.25, 0.3) is 0 Å². The fourth-order valence-electron chi connectivity index (χ4n) is 3.44. The molecule has 6 heteroatoms. The summed E-state index contributed by atoms with van der Waals surface area (Å²) in [7, 11) is 0. The highest BCUT2D eigenvalue weighted by Gasteiger charge is 2.21. The lowest BCUT2D eigenvalue weighted by Crippen LogP contribution is -2.36. The molecular weight excluding hydrogens is 300 g/mol. The van der Waals surface area contributed by atoms with Crippen LogP contribution >= 0.6 is 0 Å². The first-order valence-corrected chi connectivity index (χ1v) is 8.51. The van der Waals surface area contributed by atoms with Crippen LogP contribution in [0.1, 0.15) is 18.5 Å². The molecule has 1 fully saturated rings. The molecule has 1 atom stereocenters. The number of likely N-dealkylation sites (tertiary alicyclic amines) is 1. The maximum Gasteiger partial charge on any atom is 0.137 e. The van der Waals surface area contributed by atoms with E-state index in [2.05, 4.69) is 33.2 Å². The summed E-state index contributed by atoms with van der Waals surface area (Å²) in [5, 5.41) is 8.95. The van der Waals surface area contributed by atoms with Gasteiger partial charge in [-0.2, -0.15) is 10.2 Å². The van der Waals surface area contributed by atoms with Crippen LogP contribution < -0.4 is 0 Å². The molecule has 0 amide bonds. The van der Waals surface area contributed by atoms with Gasteiger partial charge in [0.15, 0.2) is 0 Å². The summed E-state index contributed by atoms with van der Waals surface area (Å²) in [5.74, 6) is 0.636. The number of benzene rings is 1. The minimum atomic E-state index is 0.636. The van der Waals surface area contributed by atoms with Crippen LogP contribution in [0.15, 0.2) is 55.2 Å². The van der Waals surface area contributed by atoms with E-state index in [1.807, 2.05) is 33.8 Å². The highest BCUT2D eigenvalue weighted by molar-refractivity contribution is 5.30. The molecule has 1 aliphatic heterocycles. The Kier molecular flexibility index (Phi) is 4.38. The Morgan fingerprint density at radius 3 is 2.88 bits per heavy atom. The average Bonchev–Trinajstić information content (AvgIpc) is 3.28. The summed E-state index contributed by atoms with van der Waals surface area (Å²) < 4.78 is 3.89. The molecule has 1 saturated heterocycles. The summed E-state index contributed by atoms with van der Waals surface area (Å²) >= 11 is 0. The first kappa shape index (κ1) is 15.1. The number of nitrogens with zero attached hydrogens (tertiary/aromatic N) is 6. The fourth-order valence-corrected chi connectivity index (χ4v) is 3.44. The van der Waals surface area contributed by atoms with Gasteiger partial charge >= 0.3 is 0 Å². The number of aromatic nitrogens is 5. The Hall–Kier alpha value is -2.47. The molecule has 0 saturated carbocycles. The minimum Gasteiger partial charge on any atom is -0.297 e. The topological polar surface area (TPSA) is 51.8 Å². The molecule has 0 radical (unpaired) electrons. The molecule has 24 heavy (non-hydrogen) atoms. The first-order chi connectivity index (χ1) is 11.9. The van der Waals surface area contributed by atoms with E-state index in [0.29, 0.717) is 5.92 Å². The van der Waals surface area contributed by atoms with Gasteiger partial charge in [-0.15, -0.1) is 0 Å². The van der Waals surface area contributed by atoms with Crippen LogP contribution in [-0.2, 0) is 13.1 Å². The maximum atomic E-state index is 4.72. The summed E-state index contributed by atoms with van der Waals surface area (Å²) in [4.78, 5) is 6.53. The fraction of sp³-hybridized carbons (Fsp3) is 0.389. The van der Waals surface area contributed by atoms with Crippen LogP contribution in [0, 0.1) is 5.92 Å². The quantitative estimate of drug-likeness (QED) is 0.724. The smallest absolute Gasteiger partial charge is 0.137 e. The Bertz CT molecular complexity index is 749. The van der Waals surface area contributed by atoms with Crippen LogP contribution in [0.2, 0.25) is 0 Å². The predicted molar refractivity (Wildman–Crippen MR) is 91.6 cm³/mol. The number of hydrogen-bond donors (Lipinski definition) is 0. The second kappa shape index (κ2) is 6.97. The van der Waals surface area contributed by atoms with Gasteiger partial charge in [-0.05, 0) is 43.5 Å². The van der Waals surface area contributed by atoms with Crippen LogP contribution in [0.3, 0.4) is 0 Å². The number of hydrogen-bond acceptors (Lipinski definition) is 4. The van der Waals surface area contributed by atoms with Gasteiger partial charge < -0.3 is 0 Å². The van der Waals surface area contributed by atoms with E-state index in [9.17, 15) is 0 Å². The lowest BCUT2D eigenvalue weighted by atomic mass is 9.98. The van der Waals surface area contributed by atoms with E-state index >= 15 is 0 Å². The summed E-state index contributed by atoms with van der Waals surface area (Å²) in [5.41, 5.74) is 2.23. The Morgan fingerprint density at radius 1 is 1.12 bits per heavy atom. The van der Waals surface area contributed by atoms with Gasteiger partial charge in [0.2, 0.25) is 0 Å². The molecule has 6 nitrogen and oxygen atoms in total. The van der Waals surface area contributed by atoms with E-state index in [0.717, 1.165) is 37.6 Å². The second-order valence-electron chi connectivity index (χ2n) is 6.45. The summed E-state index contributed by atoms with van der Waals surface area (Å²) in [6.45, 7) is 4.10.